The van der Waals surface area contributed by atoms with Gasteiger partial charge >= 0.3 is 0 Å². The number of likely N-dealkylation sites (tertiary alicyclic amines) is 1. The number of hydrogen-bond acceptors (Lipinski definition) is 4. The highest BCUT2D eigenvalue weighted by Gasteiger charge is 2.32. The van der Waals surface area contributed by atoms with Gasteiger partial charge < -0.3 is 20.9 Å². The summed E-state index contributed by atoms with van der Waals surface area (Å²) in [5.41, 5.74) is 11.4. The fraction of sp³-hybridized carbons (Fsp3) is 0.316. The first-order chi connectivity index (χ1) is 21.9. The second kappa shape index (κ2) is 18.8. The lowest BCUT2D eigenvalue weighted by Crippen LogP contribution is -2.49. The van der Waals surface area contributed by atoms with Crippen molar-refractivity contribution in [2.24, 2.45) is 5.73 Å². The van der Waals surface area contributed by atoms with Crippen LogP contribution in [0.4, 0.5) is 0 Å². The monoisotopic (exact) mass is 694 g/mol. The summed E-state index contributed by atoms with van der Waals surface area (Å²) in [5.74, 6) is -0.0344. The van der Waals surface area contributed by atoms with E-state index in [1.54, 1.807) is 0 Å². The van der Waals surface area contributed by atoms with Crippen molar-refractivity contribution in [3.8, 4) is 11.1 Å². The summed E-state index contributed by atoms with van der Waals surface area (Å²) < 4.78 is 0. The van der Waals surface area contributed by atoms with Gasteiger partial charge in [0.05, 0.1) is 12.5 Å². The molecule has 0 spiro atoms. The number of halogens is 3. The summed E-state index contributed by atoms with van der Waals surface area (Å²) in [6.07, 6.45) is 3.20. The van der Waals surface area contributed by atoms with E-state index in [1.807, 2.05) is 60.7 Å². The first-order valence-electron chi connectivity index (χ1n) is 15.9. The average molecular weight is 696 g/mol. The minimum Gasteiger partial charge on any atom is -0.351 e. The number of benzene rings is 4. The Balaban J connectivity index is 0.00000300. The zero-order chi connectivity index (χ0) is 31.6. The fourth-order valence-corrected chi connectivity index (χ4v) is 6.42. The summed E-state index contributed by atoms with van der Waals surface area (Å²) in [4.78, 5) is 31.7. The van der Waals surface area contributed by atoms with Gasteiger partial charge in [0.25, 0.3) is 5.91 Å². The topological polar surface area (TPSA) is 78.7 Å². The second-order valence-corrected chi connectivity index (χ2v) is 12.2. The van der Waals surface area contributed by atoms with Crippen molar-refractivity contribution in [2.75, 3.05) is 32.7 Å². The van der Waals surface area contributed by atoms with Crippen molar-refractivity contribution in [3.05, 3.63) is 130 Å². The molecular weight excluding hydrogens is 651 g/mol. The molecule has 6 nitrogen and oxygen atoms in total. The minimum absolute atomic E-state index is 0. The Labute approximate surface area is 296 Å². The van der Waals surface area contributed by atoms with Crippen LogP contribution in [0.1, 0.15) is 52.9 Å². The lowest BCUT2D eigenvalue weighted by Gasteiger charge is -2.42. The highest BCUT2D eigenvalue weighted by molar-refractivity contribution is 6.30. The molecule has 1 atom stereocenters. The third kappa shape index (κ3) is 10.3. The van der Waals surface area contributed by atoms with Gasteiger partial charge in [0.1, 0.15) is 0 Å². The van der Waals surface area contributed by atoms with Crippen LogP contribution in [0, 0.1) is 0 Å². The molecule has 5 rings (SSSR count). The molecule has 0 saturated carbocycles. The maximum atomic E-state index is 14.1. The summed E-state index contributed by atoms with van der Waals surface area (Å²) in [6, 6.07) is 34.0. The molecule has 1 unspecified atom stereocenters. The Bertz CT molecular complexity index is 1560. The van der Waals surface area contributed by atoms with Crippen molar-refractivity contribution >= 4 is 48.2 Å². The summed E-state index contributed by atoms with van der Waals surface area (Å²) >= 11 is 6.13. The summed E-state index contributed by atoms with van der Waals surface area (Å²) in [6.45, 7) is 5.86. The molecule has 3 N–H and O–H groups in total. The molecular formula is C38H45Cl3N4O2. The zero-order valence-electron chi connectivity index (χ0n) is 26.8. The van der Waals surface area contributed by atoms with Crippen molar-refractivity contribution in [1.82, 2.24) is 15.1 Å². The van der Waals surface area contributed by atoms with E-state index >= 15 is 0 Å². The third-order valence-electron chi connectivity index (χ3n) is 8.77. The van der Waals surface area contributed by atoms with Crippen LogP contribution in [-0.2, 0) is 17.6 Å². The summed E-state index contributed by atoms with van der Waals surface area (Å²) in [7, 11) is 0. The molecule has 47 heavy (non-hydrogen) atoms. The first-order valence-corrected chi connectivity index (χ1v) is 16.3. The maximum absolute atomic E-state index is 14.1. The largest absolute Gasteiger partial charge is 0.351 e. The molecule has 4 aromatic carbocycles. The van der Waals surface area contributed by atoms with Gasteiger partial charge in [0.2, 0.25) is 5.91 Å². The molecule has 250 valence electrons. The predicted octanol–water partition coefficient (Wildman–Crippen LogP) is 7.38. The van der Waals surface area contributed by atoms with Gasteiger partial charge in [-0.05, 0) is 78.3 Å². The van der Waals surface area contributed by atoms with Crippen LogP contribution in [0.5, 0.6) is 0 Å². The smallest absolute Gasteiger partial charge is 0.251 e. The quantitative estimate of drug-likeness (QED) is 0.162. The Morgan fingerprint density at radius 1 is 0.894 bits per heavy atom. The van der Waals surface area contributed by atoms with Crippen LogP contribution in [0.25, 0.3) is 11.1 Å². The van der Waals surface area contributed by atoms with Gasteiger partial charge in [-0.3, -0.25) is 9.59 Å². The van der Waals surface area contributed by atoms with E-state index < -0.39 is 0 Å². The van der Waals surface area contributed by atoms with E-state index in [0.29, 0.717) is 30.1 Å². The van der Waals surface area contributed by atoms with E-state index in [0.717, 1.165) is 61.2 Å². The Morgan fingerprint density at radius 3 is 2.28 bits per heavy atom. The number of carbonyl (C=O) groups excluding carboxylic acids is 2. The SMILES string of the molecule is CC(c1cccc(-c2ccccc2C(=O)NCCN)c1)N(C(=O)Cc1ccc(Cl)cc1)C1CCN(CCc2ccccc2)CC1.Cl.Cl. The van der Waals surface area contributed by atoms with Crippen LogP contribution in [0.3, 0.4) is 0 Å². The van der Waals surface area contributed by atoms with Crippen molar-refractivity contribution in [2.45, 2.75) is 44.7 Å². The van der Waals surface area contributed by atoms with Crippen LogP contribution in [0.15, 0.2) is 103 Å². The Hall–Kier alpha value is -3.39. The number of amides is 2. The molecule has 2 amide bonds. The standard InChI is InChI=1S/C38H43ClN4O2.2ClH/c1-28(31-10-7-11-32(27-31)35-12-5-6-13-36(35)38(45)41-22-21-40)43(37(44)26-30-14-16-33(39)17-15-30)34-19-24-42(25-20-34)23-18-29-8-3-2-4-9-29;;/h2-17,27-28,34H,18-26,40H2,1H3,(H,41,45);2*1H. The first kappa shape index (κ1) is 38.1. The van der Waals surface area contributed by atoms with Crippen LogP contribution in [-0.4, -0.2) is 60.4 Å². The van der Waals surface area contributed by atoms with Crippen LogP contribution in [0.2, 0.25) is 5.02 Å². The van der Waals surface area contributed by atoms with E-state index in [9.17, 15) is 9.59 Å². The third-order valence-corrected chi connectivity index (χ3v) is 9.02. The molecule has 0 bridgehead atoms. The number of nitrogens with one attached hydrogen (secondary N) is 1. The van der Waals surface area contributed by atoms with E-state index in [1.165, 1.54) is 5.56 Å². The lowest BCUT2D eigenvalue weighted by atomic mass is 9.93. The van der Waals surface area contributed by atoms with E-state index in [4.69, 9.17) is 17.3 Å². The second-order valence-electron chi connectivity index (χ2n) is 11.8. The van der Waals surface area contributed by atoms with E-state index in [2.05, 4.69) is 64.5 Å². The molecule has 1 aliphatic rings. The minimum atomic E-state index is -0.149. The fourth-order valence-electron chi connectivity index (χ4n) is 6.30. The number of rotatable bonds is 12. The molecule has 0 aliphatic carbocycles. The molecule has 1 heterocycles. The number of carbonyl (C=O) groups is 2. The average Bonchev–Trinajstić information content (AvgIpc) is 3.08. The van der Waals surface area contributed by atoms with Gasteiger partial charge in [0, 0.05) is 49.4 Å². The van der Waals surface area contributed by atoms with Crippen LogP contribution >= 0.6 is 36.4 Å². The zero-order valence-corrected chi connectivity index (χ0v) is 29.2. The number of piperidine rings is 1. The molecule has 0 aromatic heterocycles. The molecule has 1 saturated heterocycles. The lowest BCUT2D eigenvalue weighted by molar-refractivity contribution is -0.136. The molecule has 0 radical (unpaired) electrons. The van der Waals surface area contributed by atoms with Crippen LogP contribution < -0.4 is 11.1 Å². The number of nitrogens with two attached hydrogens (primary N) is 1. The molecule has 4 aromatic rings. The molecule has 1 aliphatic heterocycles. The predicted molar refractivity (Wildman–Crippen MR) is 198 cm³/mol. The Morgan fingerprint density at radius 2 is 1.57 bits per heavy atom. The highest BCUT2D eigenvalue weighted by Crippen LogP contribution is 2.32. The van der Waals surface area contributed by atoms with E-state index in [-0.39, 0.29) is 48.7 Å². The van der Waals surface area contributed by atoms with Gasteiger partial charge in [-0.25, -0.2) is 0 Å². The molecule has 1 fully saturated rings. The maximum Gasteiger partial charge on any atom is 0.251 e. The number of nitrogens with zero attached hydrogens (tertiary/aromatic N) is 2. The van der Waals surface area contributed by atoms with Gasteiger partial charge in [-0.2, -0.15) is 0 Å². The Kier molecular flexibility index (Phi) is 15.2. The summed E-state index contributed by atoms with van der Waals surface area (Å²) in [5, 5.41) is 3.55. The highest BCUT2D eigenvalue weighted by atomic mass is 35.5. The van der Waals surface area contributed by atoms with Crippen molar-refractivity contribution in [1.29, 1.82) is 0 Å². The van der Waals surface area contributed by atoms with Crippen molar-refractivity contribution < 1.29 is 9.59 Å². The van der Waals surface area contributed by atoms with Gasteiger partial charge in [-0.15, -0.1) is 24.8 Å². The van der Waals surface area contributed by atoms with Gasteiger partial charge in [0.15, 0.2) is 0 Å². The van der Waals surface area contributed by atoms with Crippen molar-refractivity contribution in [3.63, 3.8) is 0 Å². The molecule has 9 heteroatoms. The van der Waals surface area contributed by atoms with Gasteiger partial charge in [-0.1, -0.05) is 90.5 Å². The normalized spacial score (nSPS) is 13.9. The number of hydrogen-bond donors (Lipinski definition) is 2.